The Morgan fingerprint density at radius 3 is 3.00 bits per heavy atom. The number of benzene rings is 1. The lowest BCUT2D eigenvalue weighted by atomic mass is 10.3. The van der Waals surface area contributed by atoms with E-state index < -0.39 is 0 Å². The maximum Gasteiger partial charge on any atom is 0.192 e. The van der Waals surface area contributed by atoms with E-state index in [1.165, 1.54) is 6.07 Å². The highest BCUT2D eigenvalue weighted by Gasteiger charge is 2.08. The Labute approximate surface area is 76.5 Å². The number of aryl methyl sites for hydroxylation is 1. The molecule has 0 saturated carbocycles. The second-order valence-electron chi connectivity index (χ2n) is 2.47. The predicted molar refractivity (Wildman–Crippen MR) is 46.4 cm³/mol. The van der Waals surface area contributed by atoms with Crippen LogP contribution in [0, 0.1) is 12.7 Å². The number of hydrogen-bond donors (Lipinski definition) is 0. The molecule has 12 heavy (non-hydrogen) atoms. The van der Waals surface area contributed by atoms with Crippen molar-refractivity contribution in [3.8, 4) is 0 Å². The molecular weight excluding hydrogens is 225 g/mol. The van der Waals surface area contributed by atoms with Gasteiger partial charge in [-0.2, -0.15) is 0 Å². The number of nitrogens with zero attached hydrogens (tertiary/aromatic N) is 1. The van der Waals surface area contributed by atoms with E-state index in [2.05, 4.69) is 20.9 Å². The van der Waals surface area contributed by atoms with Gasteiger partial charge in [0.25, 0.3) is 0 Å². The van der Waals surface area contributed by atoms with Crippen LogP contribution in [0.1, 0.15) is 5.89 Å². The molecule has 2 nitrogen and oxygen atoms in total. The third kappa shape index (κ3) is 1.12. The Morgan fingerprint density at radius 1 is 1.50 bits per heavy atom. The van der Waals surface area contributed by atoms with Crippen molar-refractivity contribution < 1.29 is 8.81 Å². The standard InChI is InChI=1S/C8H5BrFNO/c1-4-11-8-6(10)2-5(9)3-7(8)12-4/h2-3H,1H3. The first kappa shape index (κ1) is 7.73. The summed E-state index contributed by atoms with van der Waals surface area (Å²) >= 11 is 3.16. The van der Waals surface area contributed by atoms with E-state index in [9.17, 15) is 4.39 Å². The van der Waals surface area contributed by atoms with Crippen LogP contribution in [0.15, 0.2) is 21.0 Å². The molecule has 62 valence electrons. The van der Waals surface area contributed by atoms with Crippen molar-refractivity contribution in [2.45, 2.75) is 6.92 Å². The Kier molecular flexibility index (Phi) is 1.65. The fourth-order valence-corrected chi connectivity index (χ4v) is 1.48. The number of oxazole rings is 1. The van der Waals surface area contributed by atoms with Crippen LogP contribution in [0.3, 0.4) is 0 Å². The van der Waals surface area contributed by atoms with Crippen molar-refractivity contribution >= 4 is 27.0 Å². The number of hydrogen-bond acceptors (Lipinski definition) is 2. The van der Waals surface area contributed by atoms with Crippen molar-refractivity contribution in [1.29, 1.82) is 0 Å². The van der Waals surface area contributed by atoms with Crippen LogP contribution < -0.4 is 0 Å². The maximum absolute atomic E-state index is 13.1. The SMILES string of the molecule is Cc1nc2c(F)cc(Br)cc2o1. The van der Waals surface area contributed by atoms with Crippen molar-refractivity contribution in [3.05, 3.63) is 28.3 Å². The van der Waals surface area contributed by atoms with Crippen LogP contribution >= 0.6 is 15.9 Å². The number of aromatic nitrogens is 1. The van der Waals surface area contributed by atoms with Crippen LogP contribution in [-0.2, 0) is 0 Å². The molecule has 0 saturated heterocycles. The van der Waals surface area contributed by atoms with Crippen LogP contribution in [0.4, 0.5) is 4.39 Å². The highest BCUT2D eigenvalue weighted by atomic mass is 79.9. The smallest absolute Gasteiger partial charge is 0.192 e. The quantitative estimate of drug-likeness (QED) is 0.695. The molecule has 0 bridgehead atoms. The zero-order valence-electron chi connectivity index (χ0n) is 6.27. The summed E-state index contributed by atoms with van der Waals surface area (Å²) in [5.74, 6) is 0.109. The van der Waals surface area contributed by atoms with Gasteiger partial charge in [0.2, 0.25) is 0 Å². The Hall–Kier alpha value is -0.900. The van der Waals surface area contributed by atoms with E-state index in [1.54, 1.807) is 13.0 Å². The molecule has 1 heterocycles. The summed E-state index contributed by atoms with van der Waals surface area (Å²) < 4.78 is 18.9. The van der Waals surface area contributed by atoms with Gasteiger partial charge in [0.15, 0.2) is 17.3 Å². The molecule has 0 aliphatic rings. The number of halogens is 2. The maximum atomic E-state index is 13.1. The van der Waals surface area contributed by atoms with Crippen LogP contribution in [0.5, 0.6) is 0 Å². The van der Waals surface area contributed by atoms with Gasteiger partial charge in [0.1, 0.15) is 5.52 Å². The van der Waals surface area contributed by atoms with Crippen LogP contribution in [-0.4, -0.2) is 4.98 Å². The fourth-order valence-electron chi connectivity index (χ4n) is 1.07. The van der Waals surface area contributed by atoms with Crippen LogP contribution in [0.25, 0.3) is 11.1 Å². The molecule has 0 spiro atoms. The average molecular weight is 230 g/mol. The van der Waals surface area contributed by atoms with E-state index in [0.29, 0.717) is 15.9 Å². The summed E-state index contributed by atoms with van der Waals surface area (Å²) in [5, 5.41) is 0. The van der Waals surface area contributed by atoms with Gasteiger partial charge in [-0.25, -0.2) is 9.37 Å². The second kappa shape index (κ2) is 2.55. The van der Waals surface area contributed by atoms with E-state index in [4.69, 9.17) is 4.42 Å². The third-order valence-corrected chi connectivity index (χ3v) is 1.98. The average Bonchev–Trinajstić information content (AvgIpc) is 2.29. The molecule has 0 aliphatic heterocycles. The van der Waals surface area contributed by atoms with Crippen molar-refractivity contribution in [2.75, 3.05) is 0 Å². The zero-order chi connectivity index (χ0) is 8.72. The van der Waals surface area contributed by atoms with Gasteiger partial charge in [-0.05, 0) is 12.1 Å². The highest BCUT2D eigenvalue weighted by molar-refractivity contribution is 9.10. The lowest BCUT2D eigenvalue weighted by Gasteiger charge is -1.90. The molecule has 1 aromatic carbocycles. The van der Waals surface area contributed by atoms with Gasteiger partial charge >= 0.3 is 0 Å². The molecule has 2 rings (SSSR count). The molecule has 0 atom stereocenters. The summed E-state index contributed by atoms with van der Waals surface area (Å²) in [6.07, 6.45) is 0. The summed E-state index contributed by atoms with van der Waals surface area (Å²) in [6.45, 7) is 1.69. The summed E-state index contributed by atoms with van der Waals surface area (Å²) in [7, 11) is 0. The Morgan fingerprint density at radius 2 is 2.25 bits per heavy atom. The highest BCUT2D eigenvalue weighted by Crippen LogP contribution is 2.23. The van der Waals surface area contributed by atoms with Crippen molar-refractivity contribution in [1.82, 2.24) is 4.98 Å². The van der Waals surface area contributed by atoms with Crippen molar-refractivity contribution in [2.24, 2.45) is 0 Å². The summed E-state index contributed by atoms with van der Waals surface area (Å²) in [4.78, 5) is 3.89. The normalized spacial score (nSPS) is 10.9. The second-order valence-corrected chi connectivity index (χ2v) is 3.38. The Bertz CT molecular complexity index is 438. The molecule has 4 heteroatoms. The molecule has 0 fully saturated rings. The minimum atomic E-state index is -0.365. The largest absolute Gasteiger partial charge is 0.441 e. The third-order valence-electron chi connectivity index (χ3n) is 1.52. The number of fused-ring (bicyclic) bond motifs is 1. The molecule has 1 aromatic heterocycles. The van der Waals surface area contributed by atoms with E-state index in [0.717, 1.165) is 0 Å². The molecule has 2 aromatic rings. The Balaban J connectivity index is 2.88. The molecule has 0 radical (unpaired) electrons. The molecule has 0 N–H and O–H groups in total. The summed E-state index contributed by atoms with van der Waals surface area (Å²) in [5.41, 5.74) is 0.759. The topological polar surface area (TPSA) is 26.0 Å². The first-order chi connectivity index (χ1) is 5.66. The lowest BCUT2D eigenvalue weighted by molar-refractivity contribution is 0.560. The van der Waals surface area contributed by atoms with Gasteiger partial charge in [0.05, 0.1) is 0 Å². The van der Waals surface area contributed by atoms with Gasteiger partial charge < -0.3 is 4.42 Å². The molecule has 0 unspecified atom stereocenters. The summed E-state index contributed by atoms with van der Waals surface area (Å²) in [6, 6.07) is 3.06. The zero-order valence-corrected chi connectivity index (χ0v) is 7.85. The van der Waals surface area contributed by atoms with Crippen molar-refractivity contribution in [3.63, 3.8) is 0 Å². The van der Waals surface area contributed by atoms with Gasteiger partial charge in [-0.15, -0.1) is 0 Å². The molecule has 0 amide bonds. The molecular formula is C8H5BrFNO. The van der Waals surface area contributed by atoms with Gasteiger partial charge in [-0.1, -0.05) is 15.9 Å². The van der Waals surface area contributed by atoms with Crippen LogP contribution in [0.2, 0.25) is 0 Å². The minimum absolute atomic E-state index is 0.288. The van der Waals surface area contributed by atoms with Gasteiger partial charge in [-0.3, -0.25) is 0 Å². The van der Waals surface area contributed by atoms with E-state index in [-0.39, 0.29) is 11.3 Å². The fraction of sp³-hybridized carbons (Fsp3) is 0.125. The predicted octanol–water partition coefficient (Wildman–Crippen LogP) is 3.04. The monoisotopic (exact) mass is 229 g/mol. The number of rotatable bonds is 0. The first-order valence-corrected chi connectivity index (χ1v) is 4.18. The minimum Gasteiger partial charge on any atom is -0.441 e. The molecule has 0 aliphatic carbocycles. The first-order valence-electron chi connectivity index (χ1n) is 3.39. The van der Waals surface area contributed by atoms with E-state index in [1.807, 2.05) is 0 Å². The van der Waals surface area contributed by atoms with Gasteiger partial charge in [0, 0.05) is 11.4 Å². The van der Waals surface area contributed by atoms with E-state index >= 15 is 0 Å². The lowest BCUT2D eigenvalue weighted by Crippen LogP contribution is -1.77.